The van der Waals surface area contributed by atoms with Gasteiger partial charge >= 0.3 is 19.8 Å². The highest BCUT2D eigenvalue weighted by molar-refractivity contribution is 7.47. The molecular weight excluding hydrogens is 1210 g/mol. The Kier molecular flexibility index (Phi) is 73.2. The number of phosphoric acid groups is 1. The number of nitrogens with zero attached hydrogens (tertiary/aromatic N) is 1. The van der Waals surface area contributed by atoms with Gasteiger partial charge < -0.3 is 18.9 Å². The van der Waals surface area contributed by atoms with Gasteiger partial charge in [-0.25, -0.2) is 4.57 Å². The number of quaternary nitrogens is 1. The van der Waals surface area contributed by atoms with E-state index in [4.69, 9.17) is 18.5 Å². The lowest BCUT2D eigenvalue weighted by Crippen LogP contribution is -2.37. The lowest BCUT2D eigenvalue weighted by atomic mass is 10.0. The van der Waals surface area contributed by atoms with Gasteiger partial charge in [-0.2, -0.15) is 0 Å². The molecule has 0 fully saturated rings. The molecule has 556 valence electrons. The van der Waals surface area contributed by atoms with Crippen LogP contribution in [0.4, 0.5) is 0 Å². The van der Waals surface area contributed by atoms with Gasteiger partial charge in [-0.1, -0.05) is 367 Å². The maximum Gasteiger partial charge on any atom is 0.472 e. The Hall–Kier alpha value is -3.33. The summed E-state index contributed by atoms with van der Waals surface area (Å²) in [6.07, 6.45) is 108. The van der Waals surface area contributed by atoms with Crippen LogP contribution in [-0.2, 0) is 32.7 Å². The molecule has 0 aromatic carbocycles. The number of unbranched alkanes of at least 4 members (excludes halogenated alkanes) is 43. The van der Waals surface area contributed by atoms with Crippen molar-refractivity contribution >= 4 is 19.8 Å². The van der Waals surface area contributed by atoms with E-state index in [9.17, 15) is 19.0 Å². The van der Waals surface area contributed by atoms with Crippen molar-refractivity contribution in [2.45, 2.75) is 380 Å². The van der Waals surface area contributed by atoms with Gasteiger partial charge in [0.1, 0.15) is 19.8 Å². The molecule has 2 atom stereocenters. The average molecular weight is 1360 g/mol. The minimum Gasteiger partial charge on any atom is -0.462 e. The molecule has 0 saturated heterocycles. The Balaban J connectivity index is 3.95. The van der Waals surface area contributed by atoms with Crippen molar-refractivity contribution < 1.29 is 42.1 Å². The first-order valence-electron chi connectivity index (χ1n) is 40.6. The van der Waals surface area contributed by atoms with Crippen LogP contribution >= 0.6 is 7.82 Å². The molecule has 10 heteroatoms. The Morgan fingerprint density at radius 1 is 0.333 bits per heavy atom. The Morgan fingerprint density at radius 3 is 0.885 bits per heavy atom. The molecule has 0 bridgehead atoms. The Labute approximate surface area is 595 Å². The van der Waals surface area contributed by atoms with E-state index in [1.54, 1.807) is 0 Å². The van der Waals surface area contributed by atoms with Crippen LogP contribution in [0.1, 0.15) is 373 Å². The number of carbonyl (C=O) groups is 2. The van der Waals surface area contributed by atoms with Crippen molar-refractivity contribution in [1.29, 1.82) is 0 Å². The van der Waals surface area contributed by atoms with Crippen molar-refractivity contribution in [3.63, 3.8) is 0 Å². The predicted octanol–water partition coefficient (Wildman–Crippen LogP) is 27.2. The second kappa shape index (κ2) is 75.9. The summed E-state index contributed by atoms with van der Waals surface area (Å²) in [7, 11) is 1.48. The number of phosphoric ester groups is 1. The predicted molar refractivity (Wildman–Crippen MR) is 418 cm³/mol. The molecule has 0 aliphatic heterocycles. The molecule has 96 heavy (non-hydrogen) atoms. The Bertz CT molecular complexity index is 1990. The maximum absolute atomic E-state index is 12.9. The summed E-state index contributed by atoms with van der Waals surface area (Å²) in [4.78, 5) is 36.0. The largest absolute Gasteiger partial charge is 0.472 e. The topological polar surface area (TPSA) is 108 Å². The summed E-state index contributed by atoms with van der Waals surface area (Å²) in [5, 5.41) is 0. The fourth-order valence-electron chi connectivity index (χ4n) is 11.6. The fourth-order valence-corrected chi connectivity index (χ4v) is 12.4. The van der Waals surface area contributed by atoms with E-state index in [0.29, 0.717) is 17.4 Å². The molecule has 2 unspecified atom stereocenters. The van der Waals surface area contributed by atoms with Crippen LogP contribution in [0.15, 0.2) is 109 Å². The van der Waals surface area contributed by atoms with E-state index in [-0.39, 0.29) is 32.0 Å². The SMILES string of the molecule is CC/C=C\C/C=C\C/C=C\C/C=C\C/C=C\C/C=C\C/C=C\CCCCCCCCCCCCCCCC(=O)OC(COC(=O)CCCCCCCCCCCCCCCCCCCCCCCCCCC/C=C\C/C=C\CCCCCCC)COP(=O)(O)OCC[N+](C)(C)C. The number of rotatable bonds is 75. The molecule has 1 N–H and O–H groups in total. The van der Waals surface area contributed by atoms with Gasteiger partial charge in [0.15, 0.2) is 6.10 Å². The van der Waals surface area contributed by atoms with Crippen LogP contribution in [0, 0.1) is 0 Å². The van der Waals surface area contributed by atoms with Gasteiger partial charge in [-0.15, -0.1) is 0 Å². The van der Waals surface area contributed by atoms with Crippen molar-refractivity contribution in [2.24, 2.45) is 0 Å². The van der Waals surface area contributed by atoms with E-state index < -0.39 is 26.5 Å². The molecule has 0 saturated carbocycles. The monoisotopic (exact) mass is 1360 g/mol. The zero-order chi connectivity index (χ0) is 69.7. The molecule has 0 aliphatic rings. The van der Waals surface area contributed by atoms with Crippen LogP contribution in [0.3, 0.4) is 0 Å². The first-order valence-corrected chi connectivity index (χ1v) is 42.1. The van der Waals surface area contributed by atoms with E-state index in [2.05, 4.69) is 123 Å². The highest BCUT2D eigenvalue weighted by Gasteiger charge is 2.27. The van der Waals surface area contributed by atoms with Crippen LogP contribution in [0.25, 0.3) is 0 Å². The van der Waals surface area contributed by atoms with Gasteiger partial charge in [0.2, 0.25) is 0 Å². The minimum atomic E-state index is -4.40. The zero-order valence-corrected chi connectivity index (χ0v) is 64.5. The summed E-state index contributed by atoms with van der Waals surface area (Å²) in [6, 6.07) is 0. The van der Waals surface area contributed by atoms with E-state index in [1.807, 2.05) is 21.1 Å². The molecular formula is C86H155NO8P+. The first kappa shape index (κ1) is 92.7. The zero-order valence-electron chi connectivity index (χ0n) is 63.6. The number of hydrogen-bond acceptors (Lipinski definition) is 7. The fraction of sp³-hybridized carbons (Fsp3) is 0.767. The van der Waals surface area contributed by atoms with E-state index in [1.165, 1.54) is 250 Å². The van der Waals surface area contributed by atoms with Crippen molar-refractivity contribution in [1.82, 2.24) is 0 Å². The minimum absolute atomic E-state index is 0.0297. The van der Waals surface area contributed by atoms with Gasteiger partial charge in [0, 0.05) is 12.8 Å². The summed E-state index contributed by atoms with van der Waals surface area (Å²) in [6.45, 7) is 4.35. The molecule has 0 aliphatic carbocycles. The number of ether oxygens (including phenoxy) is 2. The Morgan fingerprint density at radius 2 is 0.594 bits per heavy atom. The average Bonchev–Trinajstić information content (AvgIpc) is 2.74. The summed E-state index contributed by atoms with van der Waals surface area (Å²) in [5.74, 6) is -0.786. The normalized spacial score (nSPS) is 13.6. The van der Waals surface area contributed by atoms with Crippen LogP contribution in [0.5, 0.6) is 0 Å². The van der Waals surface area contributed by atoms with Crippen molar-refractivity contribution in [3.05, 3.63) is 109 Å². The highest BCUT2D eigenvalue weighted by atomic mass is 31.2. The number of allylic oxidation sites excluding steroid dienone is 18. The maximum atomic E-state index is 12.9. The lowest BCUT2D eigenvalue weighted by molar-refractivity contribution is -0.870. The number of likely N-dealkylation sites (N-methyl/N-ethyl adjacent to an activating group) is 1. The smallest absolute Gasteiger partial charge is 0.462 e. The quantitative estimate of drug-likeness (QED) is 0.0211. The van der Waals surface area contributed by atoms with Crippen LogP contribution in [-0.4, -0.2) is 74.9 Å². The van der Waals surface area contributed by atoms with Crippen molar-refractivity contribution in [3.8, 4) is 0 Å². The van der Waals surface area contributed by atoms with E-state index in [0.717, 1.165) is 89.9 Å². The van der Waals surface area contributed by atoms with Crippen molar-refractivity contribution in [2.75, 3.05) is 47.5 Å². The molecule has 0 spiro atoms. The van der Waals surface area contributed by atoms with Gasteiger partial charge in [-0.3, -0.25) is 18.6 Å². The molecule has 0 heterocycles. The second-order valence-corrected chi connectivity index (χ2v) is 29.9. The first-order chi connectivity index (χ1) is 47.0. The highest BCUT2D eigenvalue weighted by Crippen LogP contribution is 2.43. The van der Waals surface area contributed by atoms with Gasteiger partial charge in [0.05, 0.1) is 27.7 Å². The van der Waals surface area contributed by atoms with Gasteiger partial charge in [0.25, 0.3) is 0 Å². The third-order valence-electron chi connectivity index (χ3n) is 17.8. The second-order valence-electron chi connectivity index (χ2n) is 28.4. The standard InChI is InChI=1S/C86H154NO8P/c1-6-8-10-12-14-16-18-20-22-24-26-28-30-32-34-36-38-40-42-43-45-46-48-50-52-54-56-58-60-62-64-66-68-70-72-74-76-78-85(88)92-82-84(83-94-96(90,91)93-81-80-87(3,4)5)95-86(89)79-77-75-73-71-69-67-65-63-61-59-57-55-53-51-49-47-44-41-39-37-35-33-31-29-27-25-23-21-19-17-15-13-11-9-7-2/h9,11,15,17-18,20-21,23-24,26-27,29,33,35,39,41,47,49,84H,6-8,10,12-14,16,19,22,25,28,30-32,34,36-38,40,42-46,48,50-83H2,1-5H3/p+1/b11-9-,17-15-,20-18-,23-21-,26-24-,29-27-,35-33-,41-39-,49-47-. The summed E-state index contributed by atoms with van der Waals surface area (Å²) >= 11 is 0. The van der Waals surface area contributed by atoms with E-state index >= 15 is 0 Å². The summed E-state index contributed by atoms with van der Waals surface area (Å²) in [5.41, 5.74) is 0. The third kappa shape index (κ3) is 79.7. The van der Waals surface area contributed by atoms with Crippen LogP contribution in [0.2, 0.25) is 0 Å². The molecule has 0 amide bonds. The van der Waals surface area contributed by atoms with Crippen LogP contribution < -0.4 is 0 Å². The van der Waals surface area contributed by atoms with Gasteiger partial charge in [-0.05, 0) is 103 Å². The molecule has 0 rings (SSSR count). The number of esters is 2. The molecule has 0 aromatic heterocycles. The molecule has 9 nitrogen and oxygen atoms in total. The number of carbonyl (C=O) groups excluding carboxylic acids is 2. The summed E-state index contributed by atoms with van der Waals surface area (Å²) < 4.78 is 34.8. The molecule has 0 radical (unpaired) electrons. The molecule has 0 aromatic rings. The number of hydrogen-bond donors (Lipinski definition) is 1. The third-order valence-corrected chi connectivity index (χ3v) is 18.8. The lowest BCUT2D eigenvalue weighted by Gasteiger charge is -2.24.